The van der Waals surface area contributed by atoms with Crippen molar-refractivity contribution in [2.24, 2.45) is 0 Å². The van der Waals surface area contributed by atoms with Gasteiger partial charge in [0.2, 0.25) is 0 Å². The van der Waals surface area contributed by atoms with Crippen LogP contribution in [0, 0.1) is 11.6 Å². The van der Waals surface area contributed by atoms with E-state index < -0.39 is 17.2 Å². The van der Waals surface area contributed by atoms with E-state index in [1.54, 1.807) is 25.1 Å². The van der Waals surface area contributed by atoms with E-state index in [-0.39, 0.29) is 5.69 Å². The summed E-state index contributed by atoms with van der Waals surface area (Å²) in [7, 11) is 3.33. The van der Waals surface area contributed by atoms with E-state index in [1.165, 1.54) is 0 Å². The van der Waals surface area contributed by atoms with Gasteiger partial charge in [-0.3, -0.25) is 0 Å². The van der Waals surface area contributed by atoms with E-state index in [0.29, 0.717) is 12.0 Å². The standard InChI is InChI=1S/C12H15F2NO/c1-15(2)11-8(7-12(16)5-6-12)3-4-9(13)10(11)14/h3-4,16H,5-7H2,1-2H3. The summed E-state index contributed by atoms with van der Waals surface area (Å²) in [5, 5.41) is 9.81. The van der Waals surface area contributed by atoms with Crippen LogP contribution in [0.15, 0.2) is 12.1 Å². The first-order valence-electron chi connectivity index (χ1n) is 5.29. The Morgan fingerprint density at radius 3 is 2.44 bits per heavy atom. The fourth-order valence-electron chi connectivity index (χ4n) is 1.88. The van der Waals surface area contributed by atoms with Crippen LogP contribution < -0.4 is 4.90 Å². The van der Waals surface area contributed by atoms with Crippen LogP contribution >= 0.6 is 0 Å². The zero-order valence-electron chi connectivity index (χ0n) is 9.43. The SMILES string of the molecule is CN(C)c1c(CC2(O)CC2)ccc(F)c1F. The molecule has 0 aromatic heterocycles. The Bertz CT molecular complexity index is 414. The predicted octanol–water partition coefficient (Wildman–Crippen LogP) is 2.10. The third-order valence-corrected chi connectivity index (χ3v) is 2.95. The molecule has 1 fully saturated rings. The highest BCUT2D eigenvalue weighted by Crippen LogP contribution is 2.40. The second kappa shape index (κ2) is 3.70. The Hall–Kier alpha value is -1.16. The van der Waals surface area contributed by atoms with Gasteiger partial charge < -0.3 is 10.0 Å². The topological polar surface area (TPSA) is 23.5 Å². The van der Waals surface area contributed by atoms with E-state index in [0.717, 1.165) is 18.9 Å². The Morgan fingerprint density at radius 2 is 1.94 bits per heavy atom. The molecule has 1 aliphatic rings. The Kier molecular flexibility index (Phi) is 2.62. The van der Waals surface area contributed by atoms with Crippen LogP contribution in [-0.2, 0) is 6.42 Å². The molecule has 0 aliphatic heterocycles. The minimum Gasteiger partial charge on any atom is -0.390 e. The molecule has 0 unspecified atom stereocenters. The molecule has 1 aliphatic carbocycles. The van der Waals surface area contributed by atoms with E-state index in [9.17, 15) is 13.9 Å². The van der Waals surface area contributed by atoms with Crippen LogP contribution in [0.1, 0.15) is 18.4 Å². The Balaban J connectivity index is 2.39. The minimum absolute atomic E-state index is 0.236. The van der Waals surface area contributed by atoms with Gasteiger partial charge in [0.15, 0.2) is 11.6 Å². The van der Waals surface area contributed by atoms with E-state index in [4.69, 9.17) is 0 Å². The second-order valence-corrected chi connectivity index (χ2v) is 4.66. The molecule has 0 spiro atoms. The molecule has 1 aromatic carbocycles. The molecule has 0 amide bonds. The monoisotopic (exact) mass is 227 g/mol. The second-order valence-electron chi connectivity index (χ2n) is 4.66. The van der Waals surface area contributed by atoms with E-state index in [2.05, 4.69) is 0 Å². The minimum atomic E-state index is -0.852. The number of benzene rings is 1. The highest BCUT2D eigenvalue weighted by Gasteiger charge is 2.41. The molecule has 1 aromatic rings. The largest absolute Gasteiger partial charge is 0.390 e. The molecule has 0 bridgehead atoms. The van der Waals surface area contributed by atoms with Gasteiger partial charge in [0.1, 0.15) is 0 Å². The first-order valence-corrected chi connectivity index (χ1v) is 5.29. The molecule has 1 saturated carbocycles. The number of nitrogens with zero attached hydrogens (tertiary/aromatic N) is 1. The molecule has 0 atom stereocenters. The maximum atomic E-state index is 13.6. The molecule has 16 heavy (non-hydrogen) atoms. The molecule has 0 heterocycles. The summed E-state index contributed by atoms with van der Waals surface area (Å²) in [6.07, 6.45) is 1.86. The molecule has 0 saturated heterocycles. The lowest BCUT2D eigenvalue weighted by Gasteiger charge is -2.20. The third-order valence-electron chi connectivity index (χ3n) is 2.95. The van der Waals surface area contributed by atoms with Crippen LogP contribution in [-0.4, -0.2) is 24.8 Å². The van der Waals surface area contributed by atoms with Crippen LogP contribution in [0.5, 0.6) is 0 Å². The van der Waals surface area contributed by atoms with Crippen LogP contribution in [0.25, 0.3) is 0 Å². The van der Waals surface area contributed by atoms with Crippen LogP contribution in [0.4, 0.5) is 14.5 Å². The lowest BCUT2D eigenvalue weighted by Crippen LogP contribution is -2.18. The lowest BCUT2D eigenvalue weighted by atomic mass is 10.0. The van der Waals surface area contributed by atoms with Gasteiger partial charge in [-0.1, -0.05) is 6.07 Å². The summed E-state index contributed by atoms with van der Waals surface area (Å²) in [6, 6.07) is 2.66. The third kappa shape index (κ3) is 2.02. The average Bonchev–Trinajstić information content (AvgIpc) is 2.90. The highest BCUT2D eigenvalue weighted by molar-refractivity contribution is 5.55. The van der Waals surface area contributed by atoms with Crippen LogP contribution in [0.3, 0.4) is 0 Å². The van der Waals surface area contributed by atoms with Gasteiger partial charge in [-0.2, -0.15) is 0 Å². The fourth-order valence-corrected chi connectivity index (χ4v) is 1.88. The summed E-state index contributed by atoms with van der Waals surface area (Å²) < 4.78 is 26.7. The quantitative estimate of drug-likeness (QED) is 0.854. The Morgan fingerprint density at radius 1 is 1.31 bits per heavy atom. The average molecular weight is 227 g/mol. The van der Waals surface area contributed by atoms with E-state index in [1.807, 2.05) is 0 Å². The van der Waals surface area contributed by atoms with E-state index >= 15 is 0 Å². The van der Waals surface area contributed by atoms with Gasteiger partial charge in [-0.25, -0.2) is 8.78 Å². The van der Waals surface area contributed by atoms with Crippen molar-refractivity contribution in [3.63, 3.8) is 0 Å². The molecule has 88 valence electrons. The zero-order chi connectivity index (χ0) is 11.9. The number of aliphatic hydroxyl groups is 1. The number of rotatable bonds is 3. The lowest BCUT2D eigenvalue weighted by molar-refractivity contribution is 0.151. The van der Waals surface area contributed by atoms with Crippen molar-refractivity contribution in [2.75, 3.05) is 19.0 Å². The molecule has 4 heteroatoms. The molecule has 2 nitrogen and oxygen atoms in total. The van der Waals surface area contributed by atoms with Gasteiger partial charge in [-0.15, -0.1) is 0 Å². The fraction of sp³-hybridized carbons (Fsp3) is 0.500. The Labute approximate surface area is 93.5 Å². The van der Waals surface area contributed by atoms with Crippen molar-refractivity contribution in [1.29, 1.82) is 0 Å². The van der Waals surface area contributed by atoms with Gasteiger partial charge in [0, 0.05) is 20.5 Å². The van der Waals surface area contributed by atoms with Crippen LogP contribution in [0.2, 0.25) is 0 Å². The summed E-state index contributed by atoms with van der Waals surface area (Å²) >= 11 is 0. The first-order chi connectivity index (χ1) is 7.43. The van der Waals surface area contributed by atoms with Crippen molar-refractivity contribution in [3.8, 4) is 0 Å². The maximum Gasteiger partial charge on any atom is 0.182 e. The summed E-state index contributed by atoms with van der Waals surface area (Å²) in [5.74, 6) is -1.69. The van der Waals surface area contributed by atoms with Crippen molar-refractivity contribution in [2.45, 2.75) is 24.9 Å². The smallest absolute Gasteiger partial charge is 0.182 e. The molecule has 1 N–H and O–H groups in total. The van der Waals surface area contributed by atoms with Gasteiger partial charge in [0.05, 0.1) is 11.3 Å². The number of hydrogen-bond acceptors (Lipinski definition) is 2. The van der Waals surface area contributed by atoms with Gasteiger partial charge >= 0.3 is 0 Å². The summed E-state index contributed by atoms with van der Waals surface area (Å²) in [6.45, 7) is 0. The zero-order valence-corrected chi connectivity index (χ0v) is 9.43. The van der Waals surface area contributed by atoms with Gasteiger partial charge in [-0.05, 0) is 24.5 Å². The number of anilines is 1. The van der Waals surface area contributed by atoms with Crippen molar-refractivity contribution in [1.82, 2.24) is 0 Å². The van der Waals surface area contributed by atoms with Crippen molar-refractivity contribution >= 4 is 5.69 Å². The maximum absolute atomic E-state index is 13.6. The molecule has 2 rings (SSSR count). The van der Waals surface area contributed by atoms with Gasteiger partial charge in [0.25, 0.3) is 0 Å². The van der Waals surface area contributed by atoms with Crippen molar-refractivity contribution < 1.29 is 13.9 Å². The first kappa shape index (κ1) is 11.3. The number of halogens is 2. The molecule has 0 radical (unpaired) electrons. The summed E-state index contributed by atoms with van der Waals surface area (Å²) in [4.78, 5) is 1.54. The highest BCUT2D eigenvalue weighted by atomic mass is 19.2. The normalized spacial score (nSPS) is 17.3. The summed E-state index contributed by atoms with van der Waals surface area (Å²) in [5.41, 5.74) is 0.193. The van der Waals surface area contributed by atoms with Crippen molar-refractivity contribution in [3.05, 3.63) is 29.3 Å². The molecular formula is C12H15F2NO. The predicted molar refractivity (Wildman–Crippen MR) is 58.6 cm³/mol. The number of hydrogen-bond donors (Lipinski definition) is 1. The molecular weight excluding hydrogens is 212 g/mol.